The fourth-order valence-corrected chi connectivity index (χ4v) is 12.1. The standard InChI is InChI=1S/C65H42N2O/c1-65(2)56-22-12-11-21-52(56)53-30-28-44(38-57(53)65)67-60-33-24-40-14-4-6-16-46(40)64(60)68-62-34-26-42(36-61(62)67)41-25-31-58-55(35-41)63-45-15-5-3-13-39(45)23-32-59(63)66(58)43-27-29-51-49-19-8-7-17-47(49)48-18-9-10-20-50(48)54(51)37-43/h3-38H,1-2H3. The van der Waals surface area contributed by atoms with E-state index in [2.05, 4.69) is 242 Å². The minimum absolute atomic E-state index is 0.140. The number of hydrogen-bond acceptors (Lipinski definition) is 2. The van der Waals surface area contributed by atoms with Crippen LogP contribution in [0.5, 0.6) is 11.5 Å². The van der Waals surface area contributed by atoms with Gasteiger partial charge < -0.3 is 14.2 Å². The lowest BCUT2D eigenvalue weighted by molar-refractivity contribution is 0.482. The average Bonchev–Trinajstić information content (AvgIpc) is 3.85. The molecule has 0 bridgehead atoms. The Hall–Kier alpha value is -8.66. The van der Waals surface area contributed by atoms with Crippen LogP contribution in [0.1, 0.15) is 25.0 Å². The van der Waals surface area contributed by atoms with Crippen molar-refractivity contribution < 1.29 is 4.74 Å². The van der Waals surface area contributed by atoms with E-state index in [0.717, 1.165) is 56.1 Å². The molecular formula is C65H42N2O. The lowest BCUT2D eigenvalue weighted by Crippen LogP contribution is -2.18. The predicted molar refractivity (Wildman–Crippen MR) is 286 cm³/mol. The molecule has 0 N–H and O–H groups in total. The number of aromatic nitrogens is 1. The summed E-state index contributed by atoms with van der Waals surface area (Å²) in [6.07, 6.45) is 0. The molecule has 1 aliphatic heterocycles. The zero-order valence-corrected chi connectivity index (χ0v) is 37.6. The molecule has 0 spiro atoms. The molecule has 0 radical (unpaired) electrons. The summed E-state index contributed by atoms with van der Waals surface area (Å²) in [4.78, 5) is 2.42. The molecule has 1 aliphatic carbocycles. The highest BCUT2D eigenvalue weighted by atomic mass is 16.5. The molecule has 2 aliphatic rings. The van der Waals surface area contributed by atoms with Gasteiger partial charge in [0.25, 0.3) is 0 Å². The topological polar surface area (TPSA) is 17.4 Å². The number of nitrogens with zero attached hydrogens (tertiary/aromatic N) is 2. The molecule has 3 nitrogen and oxygen atoms in total. The van der Waals surface area contributed by atoms with E-state index < -0.39 is 0 Å². The van der Waals surface area contributed by atoms with Gasteiger partial charge in [-0.1, -0.05) is 172 Å². The van der Waals surface area contributed by atoms with E-state index in [4.69, 9.17) is 4.74 Å². The Morgan fingerprint density at radius 1 is 0.368 bits per heavy atom. The van der Waals surface area contributed by atoms with Crippen molar-refractivity contribution in [2.24, 2.45) is 0 Å². The lowest BCUT2D eigenvalue weighted by Gasteiger charge is -2.34. The fourth-order valence-electron chi connectivity index (χ4n) is 12.1. The first kappa shape index (κ1) is 37.5. The van der Waals surface area contributed by atoms with E-state index in [1.807, 2.05) is 0 Å². The molecular weight excluding hydrogens is 825 g/mol. The van der Waals surface area contributed by atoms with Gasteiger partial charge in [-0.15, -0.1) is 0 Å². The maximum atomic E-state index is 6.98. The summed E-state index contributed by atoms with van der Waals surface area (Å²) < 4.78 is 9.46. The first-order valence-electron chi connectivity index (χ1n) is 23.7. The molecule has 68 heavy (non-hydrogen) atoms. The Labute approximate surface area is 393 Å². The average molecular weight is 867 g/mol. The lowest BCUT2D eigenvalue weighted by atomic mass is 9.82. The molecule has 12 aromatic carbocycles. The van der Waals surface area contributed by atoms with Crippen LogP contribution in [0.15, 0.2) is 218 Å². The van der Waals surface area contributed by atoms with Crippen LogP contribution < -0.4 is 9.64 Å². The quantitative estimate of drug-likeness (QED) is 0.165. The number of rotatable bonds is 3. The second kappa shape index (κ2) is 13.7. The first-order valence-corrected chi connectivity index (χ1v) is 23.7. The van der Waals surface area contributed by atoms with E-state index in [1.54, 1.807) is 0 Å². The molecule has 3 heteroatoms. The molecule has 1 aromatic heterocycles. The summed E-state index contributed by atoms with van der Waals surface area (Å²) in [6, 6.07) is 80.8. The SMILES string of the molecule is CC1(C)c2ccccc2-c2ccc(N3c4cc(-c5ccc6c(c5)c5c7ccccc7ccc5n6-c5ccc6c7ccccc7c7ccccc7c6c5)ccc4Oc4c3ccc3ccccc43)cc21. The van der Waals surface area contributed by atoms with Crippen molar-refractivity contribution in [3.05, 3.63) is 230 Å². The minimum atomic E-state index is -0.140. The number of fused-ring (bicyclic) bond motifs is 18. The second-order valence-electron chi connectivity index (χ2n) is 19.2. The van der Waals surface area contributed by atoms with Gasteiger partial charge in [-0.05, 0) is 143 Å². The minimum Gasteiger partial charge on any atom is -0.452 e. The predicted octanol–water partition coefficient (Wildman–Crippen LogP) is 18.1. The highest BCUT2D eigenvalue weighted by Crippen LogP contribution is 2.56. The molecule has 2 heterocycles. The monoisotopic (exact) mass is 866 g/mol. The molecule has 15 rings (SSSR count). The fraction of sp³-hybridized carbons (Fsp3) is 0.0462. The molecule has 0 fully saturated rings. The van der Waals surface area contributed by atoms with Crippen LogP contribution in [0, 0.1) is 0 Å². The summed E-state index contributed by atoms with van der Waals surface area (Å²) >= 11 is 0. The zero-order chi connectivity index (χ0) is 44.8. The van der Waals surface area contributed by atoms with Gasteiger partial charge in [0.1, 0.15) is 0 Å². The van der Waals surface area contributed by atoms with Crippen molar-refractivity contribution in [1.82, 2.24) is 4.57 Å². The van der Waals surface area contributed by atoms with E-state index in [0.29, 0.717) is 0 Å². The summed E-state index contributed by atoms with van der Waals surface area (Å²) in [6.45, 7) is 4.71. The van der Waals surface area contributed by atoms with Crippen molar-refractivity contribution in [3.63, 3.8) is 0 Å². The van der Waals surface area contributed by atoms with Crippen LogP contribution >= 0.6 is 0 Å². The summed E-state index contributed by atoms with van der Waals surface area (Å²) in [5.74, 6) is 1.71. The summed E-state index contributed by atoms with van der Waals surface area (Å²) in [7, 11) is 0. The Kier molecular flexibility index (Phi) is 7.56. The van der Waals surface area contributed by atoms with Crippen LogP contribution in [0.4, 0.5) is 17.1 Å². The van der Waals surface area contributed by atoms with E-state index in [9.17, 15) is 0 Å². The maximum absolute atomic E-state index is 6.98. The Balaban J connectivity index is 0.936. The largest absolute Gasteiger partial charge is 0.452 e. The van der Waals surface area contributed by atoms with Crippen molar-refractivity contribution in [3.8, 4) is 39.4 Å². The zero-order valence-electron chi connectivity index (χ0n) is 37.6. The highest BCUT2D eigenvalue weighted by Gasteiger charge is 2.37. The van der Waals surface area contributed by atoms with Gasteiger partial charge in [-0.2, -0.15) is 0 Å². The van der Waals surface area contributed by atoms with Gasteiger partial charge in [0, 0.05) is 32.9 Å². The van der Waals surface area contributed by atoms with Crippen LogP contribution in [0.25, 0.3) is 104 Å². The Morgan fingerprint density at radius 2 is 0.956 bits per heavy atom. The molecule has 13 aromatic rings. The van der Waals surface area contributed by atoms with E-state index >= 15 is 0 Å². The summed E-state index contributed by atoms with van der Waals surface area (Å²) in [5.41, 5.74) is 14.2. The third-order valence-corrected chi connectivity index (χ3v) is 15.3. The van der Waals surface area contributed by atoms with Gasteiger partial charge in [0.2, 0.25) is 0 Å². The van der Waals surface area contributed by atoms with Crippen LogP contribution in [0.3, 0.4) is 0 Å². The number of ether oxygens (including phenoxy) is 1. The Morgan fingerprint density at radius 3 is 1.75 bits per heavy atom. The molecule has 318 valence electrons. The number of benzene rings is 12. The highest BCUT2D eigenvalue weighted by molar-refractivity contribution is 6.26. The number of hydrogen-bond donors (Lipinski definition) is 0. The van der Waals surface area contributed by atoms with Gasteiger partial charge in [-0.3, -0.25) is 0 Å². The smallest absolute Gasteiger partial charge is 0.159 e. The maximum Gasteiger partial charge on any atom is 0.159 e. The molecule has 0 atom stereocenters. The van der Waals surface area contributed by atoms with Gasteiger partial charge in [-0.25, -0.2) is 0 Å². The number of anilines is 3. The summed E-state index contributed by atoms with van der Waals surface area (Å²) in [5, 5.41) is 14.9. The van der Waals surface area contributed by atoms with E-state index in [1.165, 1.54) is 87.1 Å². The Bertz CT molecular complexity index is 4310. The van der Waals surface area contributed by atoms with Crippen LogP contribution in [-0.2, 0) is 5.41 Å². The third-order valence-electron chi connectivity index (χ3n) is 15.3. The van der Waals surface area contributed by atoms with Gasteiger partial charge >= 0.3 is 0 Å². The van der Waals surface area contributed by atoms with Crippen LogP contribution in [-0.4, -0.2) is 4.57 Å². The molecule has 0 saturated carbocycles. The third kappa shape index (κ3) is 5.13. The van der Waals surface area contributed by atoms with Crippen molar-refractivity contribution in [1.29, 1.82) is 0 Å². The van der Waals surface area contributed by atoms with Crippen molar-refractivity contribution in [2.75, 3.05) is 4.90 Å². The van der Waals surface area contributed by atoms with Crippen molar-refractivity contribution in [2.45, 2.75) is 19.3 Å². The molecule has 0 amide bonds. The van der Waals surface area contributed by atoms with Gasteiger partial charge in [0.05, 0.1) is 22.4 Å². The molecule has 0 unspecified atom stereocenters. The van der Waals surface area contributed by atoms with E-state index in [-0.39, 0.29) is 5.41 Å². The molecule has 0 saturated heterocycles. The van der Waals surface area contributed by atoms with Crippen LogP contribution in [0.2, 0.25) is 0 Å². The van der Waals surface area contributed by atoms with Crippen molar-refractivity contribution >= 4 is 92.7 Å². The second-order valence-corrected chi connectivity index (χ2v) is 19.2. The normalized spacial score (nSPS) is 13.6. The first-order chi connectivity index (χ1) is 33.5. The van der Waals surface area contributed by atoms with Gasteiger partial charge in [0.15, 0.2) is 11.5 Å².